The molecule has 0 rings (SSSR count). The predicted molar refractivity (Wildman–Crippen MR) is 120 cm³/mol. The fraction of sp³-hybridized carbons (Fsp3) is 0.800. The Kier molecular flexibility index (Phi) is 16.1. The van der Waals surface area contributed by atoms with Crippen molar-refractivity contribution in [3.8, 4) is 0 Å². The van der Waals surface area contributed by atoms with Gasteiger partial charge in [-0.3, -0.25) is 30.0 Å². The van der Waals surface area contributed by atoms with Crippen LogP contribution in [-0.4, -0.2) is 65.1 Å². The number of amides is 3. The lowest BCUT2D eigenvalue weighted by molar-refractivity contribution is -0.140. The standard InChI is InChI=1S/C20H39N5O4S/c1-4-8-15(3)25(18(27)5-2)12-14-30-13-10-17(26)23-24-20(29)19(28)16(22)9-6-7-11-21/h15-16H,4-14,21-22H2,1-3H3,(H,23,26)(H,24,29)/t15-,16+/m1/s1. The average molecular weight is 446 g/mol. The smallest absolute Gasteiger partial charge is 0.307 e. The van der Waals surface area contributed by atoms with E-state index in [4.69, 9.17) is 11.5 Å². The number of nitrogens with two attached hydrogens (primary N) is 2. The second-order valence-electron chi connectivity index (χ2n) is 7.20. The summed E-state index contributed by atoms with van der Waals surface area (Å²) in [4.78, 5) is 49.4. The third-order valence-electron chi connectivity index (χ3n) is 4.66. The topological polar surface area (TPSA) is 148 Å². The Balaban J connectivity index is 4.10. The number of carbonyl (C=O) groups is 4. The van der Waals surface area contributed by atoms with E-state index in [-0.39, 0.29) is 24.3 Å². The van der Waals surface area contributed by atoms with Crippen LogP contribution in [0.1, 0.15) is 65.7 Å². The summed E-state index contributed by atoms with van der Waals surface area (Å²) in [5.41, 5.74) is 15.4. The van der Waals surface area contributed by atoms with E-state index < -0.39 is 17.7 Å². The number of hydrogen-bond acceptors (Lipinski definition) is 7. The van der Waals surface area contributed by atoms with Gasteiger partial charge in [0.2, 0.25) is 17.6 Å². The van der Waals surface area contributed by atoms with Gasteiger partial charge >= 0.3 is 5.91 Å². The summed E-state index contributed by atoms with van der Waals surface area (Å²) in [6, 6.07) is -0.686. The lowest BCUT2D eigenvalue weighted by atomic mass is 10.1. The quantitative estimate of drug-likeness (QED) is 0.155. The maximum Gasteiger partial charge on any atom is 0.307 e. The van der Waals surface area contributed by atoms with Crippen LogP contribution >= 0.6 is 11.8 Å². The largest absolute Gasteiger partial charge is 0.339 e. The van der Waals surface area contributed by atoms with Gasteiger partial charge in [-0.1, -0.05) is 26.7 Å². The Morgan fingerprint density at radius 1 is 1.03 bits per heavy atom. The van der Waals surface area contributed by atoms with Crippen LogP contribution in [0.25, 0.3) is 0 Å². The number of nitrogens with zero attached hydrogens (tertiary/aromatic N) is 1. The van der Waals surface area contributed by atoms with Crippen molar-refractivity contribution in [2.75, 3.05) is 24.6 Å². The summed E-state index contributed by atoms with van der Waals surface area (Å²) >= 11 is 1.57. The van der Waals surface area contributed by atoms with Gasteiger partial charge in [-0.05, 0) is 32.7 Å². The van der Waals surface area contributed by atoms with Crippen molar-refractivity contribution in [3.63, 3.8) is 0 Å². The second-order valence-corrected chi connectivity index (χ2v) is 8.42. The molecule has 0 saturated heterocycles. The molecule has 0 saturated carbocycles. The number of nitrogens with one attached hydrogen (secondary N) is 2. The van der Waals surface area contributed by atoms with E-state index in [0.717, 1.165) is 25.0 Å². The van der Waals surface area contributed by atoms with E-state index in [1.54, 1.807) is 11.8 Å². The number of rotatable bonds is 16. The van der Waals surface area contributed by atoms with Crippen molar-refractivity contribution < 1.29 is 19.2 Å². The van der Waals surface area contributed by atoms with E-state index in [1.165, 1.54) is 0 Å². The van der Waals surface area contributed by atoms with Crippen molar-refractivity contribution >= 4 is 35.3 Å². The number of thioether (sulfide) groups is 1. The van der Waals surface area contributed by atoms with Crippen molar-refractivity contribution in [3.05, 3.63) is 0 Å². The van der Waals surface area contributed by atoms with Crippen LogP contribution in [0.3, 0.4) is 0 Å². The molecular weight excluding hydrogens is 406 g/mol. The van der Waals surface area contributed by atoms with E-state index in [1.807, 2.05) is 11.8 Å². The highest BCUT2D eigenvalue weighted by Crippen LogP contribution is 2.11. The van der Waals surface area contributed by atoms with Gasteiger partial charge in [0.15, 0.2) is 0 Å². The highest BCUT2D eigenvalue weighted by Gasteiger charge is 2.22. The van der Waals surface area contributed by atoms with E-state index in [9.17, 15) is 19.2 Å². The third kappa shape index (κ3) is 12.1. The molecule has 174 valence electrons. The van der Waals surface area contributed by atoms with E-state index >= 15 is 0 Å². The summed E-state index contributed by atoms with van der Waals surface area (Å²) in [6.45, 7) is 7.17. The molecule has 6 N–H and O–H groups in total. The number of hydrazine groups is 1. The van der Waals surface area contributed by atoms with Crippen molar-refractivity contribution in [1.82, 2.24) is 15.8 Å². The van der Waals surface area contributed by atoms with Gasteiger partial charge in [0.05, 0.1) is 6.04 Å². The summed E-state index contributed by atoms with van der Waals surface area (Å²) in [6.07, 6.45) is 4.44. The Hall–Kier alpha value is -1.65. The van der Waals surface area contributed by atoms with Gasteiger partial charge < -0.3 is 16.4 Å². The lowest BCUT2D eigenvalue weighted by Crippen LogP contribution is -2.49. The van der Waals surface area contributed by atoms with E-state index in [0.29, 0.717) is 38.1 Å². The molecule has 0 aromatic rings. The van der Waals surface area contributed by atoms with E-state index in [2.05, 4.69) is 24.7 Å². The van der Waals surface area contributed by atoms with Crippen LogP contribution in [0, 0.1) is 0 Å². The van der Waals surface area contributed by atoms with Crippen molar-refractivity contribution in [1.29, 1.82) is 0 Å². The molecule has 0 unspecified atom stereocenters. The zero-order valence-corrected chi connectivity index (χ0v) is 19.4. The molecule has 3 amide bonds. The van der Waals surface area contributed by atoms with Gasteiger partial charge in [-0.25, -0.2) is 0 Å². The minimum atomic E-state index is -0.921. The Bertz CT molecular complexity index is 547. The average Bonchev–Trinajstić information content (AvgIpc) is 2.73. The number of unbranched alkanes of at least 4 members (excludes halogenated alkanes) is 1. The Labute approximate surface area is 184 Å². The first-order valence-electron chi connectivity index (χ1n) is 10.7. The van der Waals surface area contributed by atoms with Crippen LogP contribution in [0.15, 0.2) is 0 Å². The zero-order chi connectivity index (χ0) is 22.9. The van der Waals surface area contributed by atoms with Crippen LogP contribution < -0.4 is 22.3 Å². The lowest BCUT2D eigenvalue weighted by Gasteiger charge is -2.29. The number of Topliss-reactive ketones (excluding diaryl/α,β-unsaturated/α-hetero) is 1. The summed E-state index contributed by atoms with van der Waals surface area (Å²) in [5, 5.41) is 0. The molecule has 0 aromatic heterocycles. The Morgan fingerprint density at radius 2 is 1.73 bits per heavy atom. The fourth-order valence-electron chi connectivity index (χ4n) is 2.86. The van der Waals surface area contributed by atoms with Crippen molar-refractivity contribution in [2.24, 2.45) is 11.5 Å². The van der Waals surface area contributed by atoms with Gasteiger partial charge in [0.1, 0.15) is 0 Å². The first-order valence-corrected chi connectivity index (χ1v) is 11.9. The molecule has 0 aliphatic heterocycles. The molecule has 0 aliphatic rings. The molecule has 9 nitrogen and oxygen atoms in total. The summed E-state index contributed by atoms with van der Waals surface area (Å²) < 4.78 is 0. The highest BCUT2D eigenvalue weighted by molar-refractivity contribution is 7.99. The number of ketones is 1. The molecule has 0 fully saturated rings. The molecule has 0 radical (unpaired) electrons. The molecule has 0 heterocycles. The zero-order valence-electron chi connectivity index (χ0n) is 18.6. The molecule has 0 bridgehead atoms. The summed E-state index contributed by atoms with van der Waals surface area (Å²) in [5.74, 6) is -0.650. The number of carbonyl (C=O) groups excluding carboxylic acids is 4. The monoisotopic (exact) mass is 445 g/mol. The van der Waals surface area contributed by atoms with Crippen LogP contribution in [0.2, 0.25) is 0 Å². The normalized spacial score (nSPS) is 12.7. The van der Waals surface area contributed by atoms with Gasteiger partial charge in [-0.15, -0.1) is 0 Å². The van der Waals surface area contributed by atoms with Gasteiger partial charge in [-0.2, -0.15) is 11.8 Å². The molecule has 0 aliphatic carbocycles. The van der Waals surface area contributed by atoms with Crippen molar-refractivity contribution in [2.45, 2.75) is 77.8 Å². The maximum atomic E-state index is 12.1. The molecule has 10 heteroatoms. The molecule has 30 heavy (non-hydrogen) atoms. The first-order chi connectivity index (χ1) is 14.3. The fourth-order valence-corrected chi connectivity index (χ4v) is 3.72. The first kappa shape index (κ1) is 28.4. The van der Waals surface area contributed by atoms with Gasteiger partial charge in [0, 0.05) is 36.9 Å². The van der Waals surface area contributed by atoms with Crippen LogP contribution in [-0.2, 0) is 19.2 Å². The Morgan fingerprint density at radius 3 is 2.33 bits per heavy atom. The molecule has 2 atom stereocenters. The SMILES string of the molecule is CCC[C@@H](C)N(CCSCCC(=O)NNC(=O)C(=O)[C@@H](N)CCCCN)C(=O)CC. The maximum absolute atomic E-state index is 12.1. The summed E-state index contributed by atoms with van der Waals surface area (Å²) in [7, 11) is 0. The number of hydrogen-bond donors (Lipinski definition) is 4. The predicted octanol–water partition coefficient (Wildman–Crippen LogP) is 0.710. The minimum absolute atomic E-state index is 0.142. The third-order valence-corrected chi connectivity index (χ3v) is 5.62. The second kappa shape index (κ2) is 17.1. The van der Waals surface area contributed by atoms with Crippen LogP contribution in [0.5, 0.6) is 0 Å². The van der Waals surface area contributed by atoms with Crippen LogP contribution in [0.4, 0.5) is 0 Å². The highest BCUT2D eigenvalue weighted by atomic mass is 32.2. The molecular formula is C20H39N5O4S. The molecule has 0 aromatic carbocycles. The van der Waals surface area contributed by atoms with Gasteiger partial charge in [0.25, 0.3) is 0 Å². The minimum Gasteiger partial charge on any atom is -0.339 e. The molecule has 0 spiro atoms.